The van der Waals surface area contributed by atoms with Crippen LogP contribution >= 0.6 is 23.4 Å². The van der Waals surface area contributed by atoms with Gasteiger partial charge in [-0.25, -0.2) is 0 Å². The van der Waals surface area contributed by atoms with E-state index in [9.17, 15) is 10.0 Å². The van der Waals surface area contributed by atoms with E-state index in [0.717, 1.165) is 10.4 Å². The third kappa shape index (κ3) is 2.84. The molecule has 1 amide bonds. The van der Waals surface area contributed by atoms with E-state index in [4.69, 9.17) is 11.6 Å². The van der Waals surface area contributed by atoms with Gasteiger partial charge in [-0.2, -0.15) is 4.73 Å². The summed E-state index contributed by atoms with van der Waals surface area (Å²) >= 11 is 7.45. The predicted molar refractivity (Wildman–Crippen MR) is 83.5 cm³/mol. The number of hydrogen-bond acceptors (Lipinski definition) is 3. The molecule has 1 saturated heterocycles. The zero-order valence-electron chi connectivity index (χ0n) is 11.1. The molecule has 1 aromatic heterocycles. The fourth-order valence-corrected chi connectivity index (χ4v) is 3.63. The van der Waals surface area contributed by atoms with Crippen LogP contribution in [0.15, 0.2) is 53.7 Å². The van der Waals surface area contributed by atoms with Crippen LogP contribution in [0.5, 0.6) is 0 Å². The van der Waals surface area contributed by atoms with Gasteiger partial charge in [0.05, 0.1) is 16.0 Å². The van der Waals surface area contributed by atoms with E-state index < -0.39 is 0 Å². The Morgan fingerprint density at radius 2 is 2.00 bits per heavy atom. The zero-order chi connectivity index (χ0) is 14.8. The summed E-state index contributed by atoms with van der Waals surface area (Å²) in [6.07, 6.45) is 2.14. The van der Waals surface area contributed by atoms with E-state index in [2.05, 4.69) is 0 Å². The number of hydrogen-bond donors (Lipinski definition) is 0. The Hall–Kier alpha value is -1.72. The fourth-order valence-electron chi connectivity index (χ4n) is 2.32. The van der Waals surface area contributed by atoms with Crippen LogP contribution in [0.1, 0.15) is 6.42 Å². The first kappa shape index (κ1) is 14.2. The SMILES string of the molecule is O=C1C(Sc2cccc[n+]2[O-])CCN1c1ccccc1Cl. The molecule has 0 aliphatic carbocycles. The van der Waals surface area contributed by atoms with E-state index in [1.165, 1.54) is 18.0 Å². The van der Waals surface area contributed by atoms with Crippen molar-refractivity contribution in [3.05, 3.63) is 58.9 Å². The number of halogens is 1. The highest BCUT2D eigenvalue weighted by Gasteiger charge is 2.35. The van der Waals surface area contributed by atoms with Gasteiger partial charge in [0.25, 0.3) is 5.03 Å². The van der Waals surface area contributed by atoms with Gasteiger partial charge in [0, 0.05) is 18.7 Å². The summed E-state index contributed by atoms with van der Waals surface area (Å²) in [6.45, 7) is 0.617. The van der Waals surface area contributed by atoms with Crippen molar-refractivity contribution in [1.82, 2.24) is 0 Å². The molecule has 0 saturated carbocycles. The van der Waals surface area contributed by atoms with Crippen LogP contribution in [0.3, 0.4) is 0 Å². The summed E-state index contributed by atoms with van der Waals surface area (Å²) in [4.78, 5) is 14.2. The lowest BCUT2D eigenvalue weighted by atomic mass is 10.3. The third-order valence-electron chi connectivity index (χ3n) is 3.35. The van der Waals surface area contributed by atoms with Gasteiger partial charge < -0.3 is 10.1 Å². The quantitative estimate of drug-likeness (QED) is 0.645. The van der Waals surface area contributed by atoms with Crippen molar-refractivity contribution in [2.75, 3.05) is 11.4 Å². The monoisotopic (exact) mass is 320 g/mol. The van der Waals surface area contributed by atoms with Gasteiger partial charge in [-0.1, -0.05) is 23.7 Å². The summed E-state index contributed by atoms with van der Waals surface area (Å²) in [6, 6.07) is 12.5. The van der Waals surface area contributed by atoms with E-state index in [0.29, 0.717) is 23.0 Å². The van der Waals surface area contributed by atoms with Crippen LogP contribution in [0.4, 0.5) is 5.69 Å². The van der Waals surface area contributed by atoms with Crippen LogP contribution in [-0.2, 0) is 4.79 Å². The molecule has 1 atom stereocenters. The van der Waals surface area contributed by atoms with Gasteiger partial charge >= 0.3 is 0 Å². The summed E-state index contributed by atoms with van der Waals surface area (Å²) in [5.74, 6) is -0.00282. The largest absolute Gasteiger partial charge is 0.618 e. The van der Waals surface area contributed by atoms with Crippen molar-refractivity contribution in [2.45, 2.75) is 16.7 Å². The molecule has 2 heterocycles. The van der Waals surface area contributed by atoms with Gasteiger partial charge in [0.1, 0.15) is 0 Å². The number of aromatic nitrogens is 1. The summed E-state index contributed by atoms with van der Waals surface area (Å²) in [5, 5.41) is 12.5. The number of rotatable bonds is 3. The molecule has 108 valence electrons. The topological polar surface area (TPSA) is 47.2 Å². The lowest BCUT2D eigenvalue weighted by Crippen LogP contribution is -2.31. The highest BCUT2D eigenvalue weighted by atomic mass is 35.5. The first-order chi connectivity index (χ1) is 10.2. The molecule has 2 aromatic rings. The molecule has 4 nitrogen and oxygen atoms in total. The smallest absolute Gasteiger partial charge is 0.252 e. The molecule has 0 N–H and O–H groups in total. The van der Waals surface area contributed by atoms with Crippen molar-refractivity contribution in [3.8, 4) is 0 Å². The first-order valence-corrected chi connectivity index (χ1v) is 7.83. The standard InChI is InChI=1S/C15H13ClN2O2S/c16-11-5-1-2-6-12(11)17-10-8-13(15(17)19)21-14-7-3-4-9-18(14)20/h1-7,9,13H,8,10H2. The van der Waals surface area contributed by atoms with E-state index in [-0.39, 0.29) is 11.2 Å². The number of carbonyl (C=O) groups excluding carboxylic acids is 1. The molecule has 1 aromatic carbocycles. The lowest BCUT2D eigenvalue weighted by molar-refractivity contribution is -0.645. The molecule has 1 aliphatic rings. The number of nitrogens with zero attached hydrogens (tertiary/aromatic N) is 2. The van der Waals surface area contributed by atoms with Crippen LogP contribution < -0.4 is 9.63 Å². The number of thioether (sulfide) groups is 1. The van der Waals surface area contributed by atoms with Crippen LogP contribution in [0.2, 0.25) is 5.02 Å². The Kier molecular flexibility index (Phi) is 4.03. The predicted octanol–water partition coefficient (Wildman–Crippen LogP) is 2.87. The van der Waals surface area contributed by atoms with Crippen molar-refractivity contribution < 1.29 is 9.52 Å². The number of amides is 1. The van der Waals surface area contributed by atoms with E-state index in [1.807, 2.05) is 18.2 Å². The lowest BCUT2D eigenvalue weighted by Gasteiger charge is -2.17. The Morgan fingerprint density at radius 1 is 1.24 bits per heavy atom. The van der Waals surface area contributed by atoms with Gasteiger partial charge in [-0.3, -0.25) is 4.79 Å². The second-order valence-corrected chi connectivity index (χ2v) is 6.33. The molecule has 0 spiro atoms. The zero-order valence-corrected chi connectivity index (χ0v) is 12.7. The number of anilines is 1. The second-order valence-electron chi connectivity index (χ2n) is 4.70. The van der Waals surface area contributed by atoms with Gasteiger partial charge in [0.2, 0.25) is 5.91 Å². The maximum absolute atomic E-state index is 12.5. The molecule has 1 fully saturated rings. The molecular formula is C15H13ClN2O2S. The molecule has 21 heavy (non-hydrogen) atoms. The maximum atomic E-state index is 12.5. The van der Waals surface area contributed by atoms with E-state index in [1.54, 1.807) is 29.2 Å². The van der Waals surface area contributed by atoms with Crippen molar-refractivity contribution in [1.29, 1.82) is 0 Å². The number of carbonyl (C=O) groups is 1. The first-order valence-electron chi connectivity index (χ1n) is 6.57. The third-order valence-corrected chi connectivity index (χ3v) is 4.95. The molecule has 3 rings (SSSR count). The normalized spacial score (nSPS) is 18.2. The summed E-state index contributed by atoms with van der Waals surface area (Å²) < 4.78 is 0.788. The van der Waals surface area contributed by atoms with Gasteiger partial charge in [-0.05, 0) is 36.4 Å². The minimum atomic E-state index is -0.246. The minimum Gasteiger partial charge on any atom is -0.618 e. The maximum Gasteiger partial charge on any atom is 0.252 e. The van der Waals surface area contributed by atoms with Gasteiger partial charge in [-0.15, -0.1) is 0 Å². The molecule has 1 aliphatic heterocycles. The molecular weight excluding hydrogens is 308 g/mol. The Morgan fingerprint density at radius 3 is 2.76 bits per heavy atom. The van der Waals surface area contributed by atoms with Gasteiger partial charge in [0.15, 0.2) is 6.20 Å². The van der Waals surface area contributed by atoms with E-state index >= 15 is 0 Å². The minimum absolute atomic E-state index is 0.00282. The highest BCUT2D eigenvalue weighted by molar-refractivity contribution is 8.00. The molecule has 6 heteroatoms. The van der Waals surface area contributed by atoms with Crippen molar-refractivity contribution in [2.24, 2.45) is 0 Å². The summed E-state index contributed by atoms with van der Waals surface area (Å²) in [7, 11) is 0. The molecule has 0 radical (unpaired) electrons. The van der Waals surface area contributed by atoms with Crippen molar-refractivity contribution in [3.63, 3.8) is 0 Å². The summed E-state index contributed by atoms with van der Waals surface area (Å²) in [5.41, 5.74) is 0.732. The number of pyridine rings is 1. The number of para-hydroxylation sites is 1. The van der Waals surface area contributed by atoms with Crippen LogP contribution in [0, 0.1) is 5.21 Å². The average molecular weight is 321 g/mol. The average Bonchev–Trinajstić information content (AvgIpc) is 2.83. The Balaban J connectivity index is 1.78. The van der Waals surface area contributed by atoms with Crippen LogP contribution in [0.25, 0.3) is 0 Å². The van der Waals surface area contributed by atoms with Crippen molar-refractivity contribution >= 4 is 35.0 Å². The highest BCUT2D eigenvalue weighted by Crippen LogP contribution is 2.34. The molecule has 0 bridgehead atoms. The Labute approximate surface area is 131 Å². The fraction of sp³-hybridized carbons (Fsp3) is 0.200. The second kappa shape index (κ2) is 5.95. The molecule has 1 unspecified atom stereocenters. The van der Waals surface area contributed by atoms with Crippen LogP contribution in [-0.4, -0.2) is 17.7 Å². The Bertz CT molecular complexity index is 680. The number of benzene rings is 1.